The summed E-state index contributed by atoms with van der Waals surface area (Å²) in [4.78, 5) is 29.2. The molecule has 0 fully saturated rings. The fourth-order valence-electron chi connectivity index (χ4n) is 3.18. The molecule has 3 aromatic rings. The first kappa shape index (κ1) is 22.5. The van der Waals surface area contributed by atoms with Crippen LogP contribution in [0.3, 0.4) is 0 Å². The van der Waals surface area contributed by atoms with E-state index in [9.17, 15) is 9.59 Å². The number of hydrogen-bond acceptors (Lipinski definition) is 6. The maximum Gasteiger partial charge on any atom is 0.335 e. The van der Waals surface area contributed by atoms with Gasteiger partial charge in [0.1, 0.15) is 18.2 Å². The Morgan fingerprint density at radius 3 is 2.55 bits per heavy atom. The van der Waals surface area contributed by atoms with Crippen LogP contribution in [0.2, 0.25) is 0 Å². The standard InChI is InChI=1S/C24H28N2O5/c1-4-14-30-21(24(28)29-5-2)15-17-10-12-18(13-11-17)31-16-22-25-20-9-7-6-8-19(20)23(27)26(22)3/h6-13,21H,4-5,14-16H2,1-3H3. The topological polar surface area (TPSA) is 79.7 Å². The van der Waals surface area contributed by atoms with Crippen molar-refractivity contribution >= 4 is 16.9 Å². The maximum atomic E-state index is 12.5. The van der Waals surface area contributed by atoms with Gasteiger partial charge < -0.3 is 14.2 Å². The van der Waals surface area contributed by atoms with E-state index in [1.165, 1.54) is 4.57 Å². The Labute approximate surface area is 181 Å². The highest BCUT2D eigenvalue weighted by Gasteiger charge is 2.20. The van der Waals surface area contributed by atoms with Gasteiger partial charge in [-0.25, -0.2) is 9.78 Å². The Morgan fingerprint density at radius 2 is 1.84 bits per heavy atom. The lowest BCUT2D eigenvalue weighted by atomic mass is 10.1. The minimum atomic E-state index is -0.622. The van der Waals surface area contributed by atoms with Crippen LogP contribution in [0.15, 0.2) is 53.3 Å². The van der Waals surface area contributed by atoms with Crippen molar-refractivity contribution in [1.82, 2.24) is 9.55 Å². The van der Waals surface area contributed by atoms with Gasteiger partial charge in [0, 0.05) is 20.1 Å². The number of para-hydroxylation sites is 1. The summed E-state index contributed by atoms with van der Waals surface area (Å²) in [6.07, 6.45) is 0.636. The van der Waals surface area contributed by atoms with Gasteiger partial charge in [0.15, 0.2) is 6.10 Å². The molecule has 0 saturated heterocycles. The summed E-state index contributed by atoms with van der Waals surface area (Å²) in [5.41, 5.74) is 1.49. The van der Waals surface area contributed by atoms with Gasteiger partial charge in [-0.1, -0.05) is 31.2 Å². The number of fused-ring (bicyclic) bond motifs is 1. The van der Waals surface area contributed by atoms with Crippen molar-refractivity contribution in [3.63, 3.8) is 0 Å². The number of ether oxygens (including phenoxy) is 3. The molecule has 1 unspecified atom stereocenters. The van der Waals surface area contributed by atoms with Gasteiger partial charge >= 0.3 is 5.97 Å². The zero-order chi connectivity index (χ0) is 22.2. The van der Waals surface area contributed by atoms with Crippen LogP contribution in [0, 0.1) is 0 Å². The average Bonchev–Trinajstić information content (AvgIpc) is 2.79. The Bertz CT molecular complexity index is 1080. The van der Waals surface area contributed by atoms with Crippen LogP contribution in [0.1, 0.15) is 31.7 Å². The first-order valence-electron chi connectivity index (χ1n) is 10.5. The molecule has 0 radical (unpaired) electrons. The number of esters is 1. The molecule has 2 aromatic carbocycles. The van der Waals surface area contributed by atoms with E-state index in [1.54, 1.807) is 20.0 Å². The minimum absolute atomic E-state index is 0.100. The van der Waals surface area contributed by atoms with Gasteiger partial charge in [-0.05, 0) is 43.2 Å². The lowest BCUT2D eigenvalue weighted by Crippen LogP contribution is -2.29. The van der Waals surface area contributed by atoms with Gasteiger partial charge in [-0.3, -0.25) is 9.36 Å². The SMILES string of the molecule is CCCOC(Cc1ccc(OCc2nc3ccccc3c(=O)n2C)cc1)C(=O)OCC. The lowest BCUT2D eigenvalue weighted by Gasteiger charge is -2.16. The molecule has 164 valence electrons. The number of rotatable bonds is 10. The molecule has 7 heteroatoms. The summed E-state index contributed by atoms with van der Waals surface area (Å²) in [6, 6.07) is 14.7. The molecule has 0 aliphatic rings. The van der Waals surface area contributed by atoms with E-state index in [0.29, 0.717) is 42.1 Å². The van der Waals surface area contributed by atoms with Crippen molar-refractivity contribution in [2.75, 3.05) is 13.2 Å². The molecule has 31 heavy (non-hydrogen) atoms. The van der Waals surface area contributed by atoms with E-state index < -0.39 is 6.10 Å². The third-order valence-corrected chi connectivity index (χ3v) is 4.86. The van der Waals surface area contributed by atoms with Crippen LogP contribution in [-0.4, -0.2) is 34.8 Å². The van der Waals surface area contributed by atoms with E-state index in [1.807, 2.05) is 49.4 Å². The van der Waals surface area contributed by atoms with Gasteiger partial charge in [-0.15, -0.1) is 0 Å². The van der Waals surface area contributed by atoms with E-state index in [-0.39, 0.29) is 18.1 Å². The summed E-state index contributed by atoms with van der Waals surface area (Å²) in [6.45, 7) is 4.77. The highest BCUT2D eigenvalue weighted by molar-refractivity contribution is 5.77. The lowest BCUT2D eigenvalue weighted by molar-refractivity contribution is -0.156. The molecule has 7 nitrogen and oxygen atoms in total. The second kappa shape index (κ2) is 10.7. The zero-order valence-electron chi connectivity index (χ0n) is 18.2. The molecule has 0 amide bonds. The molecule has 0 aliphatic heterocycles. The molecule has 1 aromatic heterocycles. The molecule has 0 aliphatic carbocycles. The molecule has 3 rings (SSSR count). The second-order valence-corrected chi connectivity index (χ2v) is 7.16. The third-order valence-electron chi connectivity index (χ3n) is 4.86. The summed E-state index contributed by atoms with van der Waals surface area (Å²) in [7, 11) is 1.69. The number of carbonyl (C=O) groups excluding carboxylic acids is 1. The monoisotopic (exact) mass is 424 g/mol. The van der Waals surface area contributed by atoms with Crippen molar-refractivity contribution in [3.8, 4) is 5.75 Å². The van der Waals surface area contributed by atoms with E-state index in [2.05, 4.69) is 4.98 Å². The van der Waals surface area contributed by atoms with Crippen molar-refractivity contribution in [3.05, 3.63) is 70.3 Å². The molecule has 1 heterocycles. The Kier molecular flexibility index (Phi) is 7.78. The van der Waals surface area contributed by atoms with Gasteiger partial charge in [0.25, 0.3) is 5.56 Å². The van der Waals surface area contributed by atoms with Crippen LogP contribution >= 0.6 is 0 Å². The quantitative estimate of drug-likeness (QED) is 0.464. The molecule has 0 N–H and O–H groups in total. The highest BCUT2D eigenvalue weighted by atomic mass is 16.6. The van der Waals surface area contributed by atoms with Crippen LogP contribution in [-0.2, 0) is 34.3 Å². The summed E-state index contributed by atoms with van der Waals surface area (Å²) < 4.78 is 18.1. The van der Waals surface area contributed by atoms with Gasteiger partial charge in [-0.2, -0.15) is 0 Å². The number of carbonyl (C=O) groups is 1. The summed E-state index contributed by atoms with van der Waals surface area (Å²) in [5, 5.41) is 0.583. The number of hydrogen-bond donors (Lipinski definition) is 0. The van der Waals surface area contributed by atoms with Crippen LogP contribution in [0.25, 0.3) is 10.9 Å². The number of nitrogens with zero attached hydrogens (tertiary/aromatic N) is 2. The van der Waals surface area contributed by atoms with Crippen molar-refractivity contribution in [2.24, 2.45) is 7.05 Å². The van der Waals surface area contributed by atoms with Gasteiger partial charge in [0.2, 0.25) is 0 Å². The Hall–Kier alpha value is -3.19. The van der Waals surface area contributed by atoms with E-state index >= 15 is 0 Å². The van der Waals surface area contributed by atoms with Crippen molar-refractivity contribution in [1.29, 1.82) is 0 Å². The zero-order valence-corrected chi connectivity index (χ0v) is 18.2. The normalized spacial score (nSPS) is 12.0. The van der Waals surface area contributed by atoms with Gasteiger partial charge in [0.05, 0.1) is 17.5 Å². The molecule has 0 bridgehead atoms. The highest BCUT2D eigenvalue weighted by Crippen LogP contribution is 2.17. The Balaban J connectivity index is 1.67. The van der Waals surface area contributed by atoms with E-state index in [0.717, 1.165) is 12.0 Å². The first-order valence-corrected chi connectivity index (χ1v) is 10.5. The second-order valence-electron chi connectivity index (χ2n) is 7.16. The Morgan fingerprint density at radius 1 is 1.10 bits per heavy atom. The molecular formula is C24H28N2O5. The van der Waals surface area contributed by atoms with Crippen LogP contribution < -0.4 is 10.3 Å². The predicted octanol–water partition coefficient (Wildman–Crippen LogP) is 3.41. The summed E-state index contributed by atoms with van der Waals surface area (Å²) in [5.74, 6) is 0.844. The number of benzene rings is 2. The maximum absolute atomic E-state index is 12.5. The van der Waals surface area contributed by atoms with E-state index in [4.69, 9.17) is 14.2 Å². The average molecular weight is 424 g/mol. The van der Waals surface area contributed by atoms with Crippen LogP contribution in [0.4, 0.5) is 0 Å². The van der Waals surface area contributed by atoms with Crippen molar-refractivity contribution in [2.45, 2.75) is 39.4 Å². The fraction of sp³-hybridized carbons (Fsp3) is 0.375. The molecule has 1 atom stereocenters. The minimum Gasteiger partial charge on any atom is -0.486 e. The fourth-order valence-corrected chi connectivity index (χ4v) is 3.18. The molecular weight excluding hydrogens is 396 g/mol. The van der Waals surface area contributed by atoms with Crippen LogP contribution in [0.5, 0.6) is 5.75 Å². The molecule has 0 spiro atoms. The summed E-state index contributed by atoms with van der Waals surface area (Å²) >= 11 is 0. The first-order chi connectivity index (χ1) is 15.0. The number of aromatic nitrogens is 2. The van der Waals surface area contributed by atoms with Crippen molar-refractivity contribution < 1.29 is 19.0 Å². The molecule has 0 saturated carbocycles. The predicted molar refractivity (Wildman–Crippen MR) is 118 cm³/mol. The largest absolute Gasteiger partial charge is 0.486 e. The smallest absolute Gasteiger partial charge is 0.335 e. The third kappa shape index (κ3) is 5.70.